The molecule has 0 heterocycles. The van der Waals surface area contributed by atoms with Gasteiger partial charge in [0.15, 0.2) is 10.2 Å². The molecule has 0 unspecified atom stereocenters. The summed E-state index contributed by atoms with van der Waals surface area (Å²) in [6.45, 7) is -0.602. The number of benzene rings is 2. The van der Waals surface area contributed by atoms with Gasteiger partial charge in [-0.2, -0.15) is 10.2 Å². The van der Waals surface area contributed by atoms with Crippen LogP contribution in [0, 0.1) is 0 Å². The number of rotatable bonds is 11. The number of hydrazone groups is 2. The van der Waals surface area contributed by atoms with Crippen molar-refractivity contribution >= 4 is 67.1 Å². The molecule has 0 aliphatic heterocycles. The maximum absolute atomic E-state index is 12.5. The highest BCUT2D eigenvalue weighted by Gasteiger charge is 2.18. The Bertz CT molecular complexity index is 1300. The van der Waals surface area contributed by atoms with Gasteiger partial charge in [-0.05, 0) is 48.7 Å². The van der Waals surface area contributed by atoms with Gasteiger partial charge in [0.2, 0.25) is 20.0 Å². The number of phenolic OH excluding ortho intramolecular Hbond substituents is 2. The van der Waals surface area contributed by atoms with Crippen molar-refractivity contribution in [2.24, 2.45) is 21.7 Å². The van der Waals surface area contributed by atoms with Crippen LogP contribution in [0.4, 0.5) is 0 Å². The molecule has 0 amide bonds. The van der Waals surface area contributed by atoms with Crippen LogP contribution in [0.15, 0.2) is 56.4 Å². The Labute approximate surface area is 217 Å². The summed E-state index contributed by atoms with van der Waals surface area (Å²) < 4.78 is 54.3. The molecule has 0 aliphatic carbocycles. The molecule has 0 fully saturated rings. The Morgan fingerprint density at radius 2 is 1.14 bits per heavy atom. The number of thiocarbonyl (C=S) groups is 2. The number of nitrogens with zero attached hydrogens (tertiary/aromatic N) is 2. The summed E-state index contributed by atoms with van der Waals surface area (Å²) in [6, 6.07) is 7.05. The molecule has 0 saturated heterocycles. The van der Waals surface area contributed by atoms with E-state index in [-0.39, 0.29) is 55.7 Å². The minimum atomic E-state index is -4.07. The normalized spacial score (nSPS) is 12.1. The smallest absolute Gasteiger partial charge is 0.240 e. The zero-order valence-corrected chi connectivity index (χ0v) is 21.5. The van der Waals surface area contributed by atoms with Crippen LogP contribution in [0.2, 0.25) is 0 Å². The van der Waals surface area contributed by atoms with Gasteiger partial charge in [0.25, 0.3) is 0 Å². The standard InChI is InChI=1S/C18H22N8O6S4/c19-17(33)25-21-9-11-1-3-13(7-15(11)27)35(29,30)23-5-6-24-36(31,32)14-4-2-12(16(28)8-14)10-22-26-18(20)34/h1-4,7-10,23-24,27-28H,5-6H2,(H3,19,25,33)(H3,20,26,34). The monoisotopic (exact) mass is 574 g/mol. The van der Waals surface area contributed by atoms with Crippen molar-refractivity contribution in [1.82, 2.24) is 20.3 Å². The molecule has 0 aromatic heterocycles. The molecule has 0 atom stereocenters. The minimum Gasteiger partial charge on any atom is -0.507 e. The van der Waals surface area contributed by atoms with Crippen molar-refractivity contribution in [3.8, 4) is 11.5 Å². The SMILES string of the molecule is NC(=S)NN=Cc1ccc(S(=O)(=O)NCCNS(=O)(=O)c2ccc(C=NNC(N)=S)c(O)c2)cc1O. The lowest BCUT2D eigenvalue weighted by atomic mass is 10.2. The summed E-state index contributed by atoms with van der Waals surface area (Å²) in [5.41, 5.74) is 15.4. The van der Waals surface area contributed by atoms with E-state index in [1.54, 1.807) is 0 Å². The number of sulfonamides is 2. The third-order valence-electron chi connectivity index (χ3n) is 4.09. The molecule has 194 valence electrons. The van der Waals surface area contributed by atoms with E-state index >= 15 is 0 Å². The molecule has 2 aromatic carbocycles. The number of hydrogen-bond acceptors (Lipinski definition) is 10. The average Bonchev–Trinajstić information content (AvgIpc) is 2.78. The van der Waals surface area contributed by atoms with E-state index in [4.69, 9.17) is 11.5 Å². The van der Waals surface area contributed by atoms with Crippen LogP contribution in [0.5, 0.6) is 11.5 Å². The first-order valence-electron chi connectivity index (χ1n) is 9.64. The molecule has 0 bridgehead atoms. The fourth-order valence-electron chi connectivity index (χ4n) is 2.47. The quantitative estimate of drug-likeness (QED) is 0.0676. The second kappa shape index (κ2) is 12.5. The number of nitrogens with one attached hydrogen (secondary N) is 4. The van der Waals surface area contributed by atoms with Gasteiger partial charge in [-0.3, -0.25) is 10.9 Å². The Balaban J connectivity index is 1.98. The molecule has 0 radical (unpaired) electrons. The van der Waals surface area contributed by atoms with E-state index in [1.165, 1.54) is 36.7 Å². The molecule has 14 nitrogen and oxygen atoms in total. The summed E-state index contributed by atoms with van der Waals surface area (Å²) >= 11 is 9.16. The Hall–Kier alpha value is -3.42. The van der Waals surface area contributed by atoms with Crippen LogP contribution in [-0.2, 0) is 20.0 Å². The molecule has 2 aromatic rings. The molecule has 2 rings (SSSR count). The molecule has 36 heavy (non-hydrogen) atoms. The van der Waals surface area contributed by atoms with Crippen LogP contribution in [0.25, 0.3) is 0 Å². The van der Waals surface area contributed by atoms with Crippen molar-refractivity contribution in [2.45, 2.75) is 9.79 Å². The van der Waals surface area contributed by atoms with Gasteiger partial charge < -0.3 is 21.7 Å². The van der Waals surface area contributed by atoms with Gasteiger partial charge in [0.1, 0.15) is 11.5 Å². The fraction of sp³-hybridized carbons (Fsp3) is 0.111. The summed E-state index contributed by atoms with van der Waals surface area (Å²) in [5, 5.41) is 27.2. The van der Waals surface area contributed by atoms with Crippen molar-refractivity contribution in [1.29, 1.82) is 0 Å². The number of aromatic hydroxyl groups is 2. The van der Waals surface area contributed by atoms with Gasteiger partial charge in [0.05, 0.1) is 22.2 Å². The van der Waals surface area contributed by atoms with E-state index in [0.29, 0.717) is 0 Å². The van der Waals surface area contributed by atoms with Gasteiger partial charge in [-0.25, -0.2) is 26.3 Å². The molecular formula is C18H22N8O6S4. The Morgan fingerprint density at radius 3 is 1.44 bits per heavy atom. The van der Waals surface area contributed by atoms with Crippen LogP contribution < -0.4 is 31.8 Å². The molecule has 10 N–H and O–H groups in total. The van der Waals surface area contributed by atoms with Crippen LogP contribution in [0.3, 0.4) is 0 Å². The first-order chi connectivity index (χ1) is 16.8. The second-order valence-electron chi connectivity index (χ2n) is 6.71. The maximum atomic E-state index is 12.5. The van der Waals surface area contributed by atoms with Gasteiger partial charge in [-0.15, -0.1) is 0 Å². The second-order valence-corrected chi connectivity index (χ2v) is 11.1. The zero-order chi connectivity index (χ0) is 26.9. The summed E-state index contributed by atoms with van der Waals surface area (Å²) in [5.74, 6) is -0.747. The topological polar surface area (TPSA) is 234 Å². The third-order valence-corrected chi connectivity index (χ3v) is 7.19. The van der Waals surface area contributed by atoms with Crippen molar-refractivity contribution in [2.75, 3.05) is 13.1 Å². The lowest BCUT2D eigenvalue weighted by Gasteiger charge is -2.10. The highest BCUT2D eigenvalue weighted by Crippen LogP contribution is 2.21. The Kier molecular flexibility index (Phi) is 10.0. The van der Waals surface area contributed by atoms with E-state index < -0.39 is 20.0 Å². The number of nitrogens with two attached hydrogens (primary N) is 2. The van der Waals surface area contributed by atoms with Gasteiger partial charge in [-0.1, -0.05) is 0 Å². The first kappa shape index (κ1) is 28.8. The Morgan fingerprint density at radius 1 is 0.778 bits per heavy atom. The lowest BCUT2D eigenvalue weighted by Crippen LogP contribution is -2.34. The van der Waals surface area contributed by atoms with Crippen molar-refractivity contribution in [3.63, 3.8) is 0 Å². The first-order valence-corrected chi connectivity index (χ1v) is 13.4. The average molecular weight is 575 g/mol. The maximum Gasteiger partial charge on any atom is 0.240 e. The van der Waals surface area contributed by atoms with E-state index in [9.17, 15) is 27.0 Å². The molecule has 0 aliphatic rings. The van der Waals surface area contributed by atoms with E-state index in [2.05, 4.69) is 54.9 Å². The highest BCUT2D eigenvalue weighted by molar-refractivity contribution is 7.90. The van der Waals surface area contributed by atoms with Crippen LogP contribution >= 0.6 is 24.4 Å². The third kappa shape index (κ3) is 8.66. The van der Waals surface area contributed by atoms with Gasteiger partial charge >= 0.3 is 0 Å². The predicted octanol–water partition coefficient (Wildman–Crippen LogP) is -1.31. The lowest BCUT2D eigenvalue weighted by molar-refractivity contribution is 0.471. The van der Waals surface area contributed by atoms with Crippen molar-refractivity contribution in [3.05, 3.63) is 47.5 Å². The number of hydrogen-bond donors (Lipinski definition) is 8. The molecule has 0 spiro atoms. The fourth-order valence-corrected chi connectivity index (χ4v) is 4.68. The molecule has 0 saturated carbocycles. The minimum absolute atomic E-state index is 0.0885. The summed E-state index contributed by atoms with van der Waals surface area (Å²) in [7, 11) is -8.14. The molecule has 18 heteroatoms. The molecular weight excluding hydrogens is 553 g/mol. The van der Waals surface area contributed by atoms with Crippen molar-refractivity contribution < 1.29 is 27.0 Å². The van der Waals surface area contributed by atoms with Crippen LogP contribution in [-0.4, -0.2) is 62.8 Å². The summed E-state index contributed by atoms with van der Waals surface area (Å²) in [4.78, 5) is -0.510. The number of phenols is 2. The van der Waals surface area contributed by atoms with Gasteiger partial charge in [0, 0.05) is 36.3 Å². The largest absolute Gasteiger partial charge is 0.507 e. The van der Waals surface area contributed by atoms with E-state index in [1.807, 2.05) is 0 Å². The predicted molar refractivity (Wildman–Crippen MR) is 142 cm³/mol. The highest BCUT2D eigenvalue weighted by atomic mass is 32.2. The summed E-state index contributed by atoms with van der Waals surface area (Å²) in [6.07, 6.45) is 2.38. The van der Waals surface area contributed by atoms with E-state index in [0.717, 1.165) is 12.1 Å². The van der Waals surface area contributed by atoms with Crippen LogP contribution in [0.1, 0.15) is 11.1 Å². The zero-order valence-electron chi connectivity index (χ0n) is 18.2.